The minimum Gasteiger partial charge on any atom is -0.744 e. The van der Waals surface area contributed by atoms with Crippen molar-refractivity contribution >= 4 is 79.5 Å². The van der Waals surface area contributed by atoms with Crippen LogP contribution in [0.1, 0.15) is 128 Å². The van der Waals surface area contributed by atoms with Crippen LogP contribution >= 0.6 is 0 Å². The maximum atomic E-state index is 11.6. The molecule has 0 spiro atoms. The molecule has 0 aliphatic carbocycles. The summed E-state index contributed by atoms with van der Waals surface area (Å²) < 4.78 is 69.5. The molecule has 0 amide bonds. The van der Waals surface area contributed by atoms with Crippen molar-refractivity contribution in [3.05, 3.63) is 83.9 Å². The van der Waals surface area contributed by atoms with Crippen LogP contribution in [0.25, 0.3) is 21.5 Å². The van der Waals surface area contributed by atoms with E-state index in [-0.39, 0.29) is 47.5 Å². The van der Waals surface area contributed by atoms with Crippen LogP contribution in [0.4, 0.5) is 0 Å². The Hall–Kier alpha value is -1.52. The Morgan fingerprint density at radius 1 is 0.429 bits per heavy atom. The number of hydrogen-bond donors (Lipinski definition) is 0. The van der Waals surface area contributed by atoms with Crippen molar-refractivity contribution < 1.29 is 25.9 Å². The molecule has 0 saturated carbocycles. The van der Waals surface area contributed by atoms with Crippen LogP contribution < -0.4 is 0 Å². The average molecular weight is 735 g/mol. The Labute approximate surface area is 326 Å². The van der Waals surface area contributed by atoms with E-state index < -0.39 is 20.2 Å². The van der Waals surface area contributed by atoms with E-state index in [1.807, 2.05) is 48.5 Å². The third-order valence-corrected chi connectivity index (χ3v) is 10.9. The molecule has 9 heteroatoms. The summed E-state index contributed by atoms with van der Waals surface area (Å²) in [6.45, 7) is 4.43. The maximum absolute atomic E-state index is 11.6. The van der Waals surface area contributed by atoms with Crippen molar-refractivity contribution in [2.75, 3.05) is 0 Å². The van der Waals surface area contributed by atoms with E-state index >= 15 is 0 Å². The third kappa shape index (κ3) is 14.9. The number of benzene rings is 4. The van der Waals surface area contributed by atoms with Gasteiger partial charge in [-0.25, -0.2) is 16.8 Å². The van der Waals surface area contributed by atoms with E-state index in [9.17, 15) is 25.9 Å². The van der Waals surface area contributed by atoms with E-state index in [4.69, 9.17) is 0 Å². The van der Waals surface area contributed by atoms with Crippen molar-refractivity contribution in [1.82, 2.24) is 0 Å². The summed E-state index contributed by atoms with van der Waals surface area (Å²) in [7, 11) is -8.87. The maximum Gasteiger partial charge on any atom is 2.00 e. The van der Waals surface area contributed by atoms with Gasteiger partial charge in [0.05, 0.1) is 9.79 Å². The Balaban J connectivity index is 0.000000333. The van der Waals surface area contributed by atoms with Crippen molar-refractivity contribution in [2.45, 2.75) is 139 Å². The van der Waals surface area contributed by atoms with Gasteiger partial charge in [0.2, 0.25) is 0 Å². The topological polar surface area (TPSA) is 114 Å². The number of rotatable bonds is 20. The number of hydrogen-bond acceptors (Lipinski definition) is 6. The minimum atomic E-state index is -4.43. The smallest absolute Gasteiger partial charge is 0.744 e. The molecule has 0 atom stereocenters. The van der Waals surface area contributed by atoms with Gasteiger partial charge in [-0.15, -0.1) is 0 Å². The fraction of sp³-hybridized carbons (Fsp3) is 0.500. The molecule has 49 heavy (non-hydrogen) atoms. The van der Waals surface area contributed by atoms with Crippen molar-refractivity contribution in [2.24, 2.45) is 0 Å². The van der Waals surface area contributed by atoms with Crippen LogP contribution in [-0.4, -0.2) is 63.7 Å². The second-order valence-corrected chi connectivity index (χ2v) is 15.6. The molecule has 0 bridgehead atoms. The summed E-state index contributed by atoms with van der Waals surface area (Å²) in [5.41, 5.74) is 1.38. The van der Waals surface area contributed by atoms with Gasteiger partial charge in [0, 0.05) is 0 Å². The first-order valence-corrected chi connectivity index (χ1v) is 20.8. The van der Waals surface area contributed by atoms with Gasteiger partial charge in [-0.05, 0) is 70.5 Å². The van der Waals surface area contributed by atoms with Gasteiger partial charge in [0.15, 0.2) is 0 Å². The van der Waals surface area contributed by atoms with E-state index in [1.54, 1.807) is 12.1 Å². The summed E-state index contributed by atoms with van der Waals surface area (Å²) in [5, 5.41) is 3.74. The molecule has 0 N–H and O–H groups in total. The summed E-state index contributed by atoms with van der Waals surface area (Å²) in [5.74, 6) is 0. The van der Waals surface area contributed by atoms with Gasteiger partial charge in [0.1, 0.15) is 20.2 Å². The van der Waals surface area contributed by atoms with E-state index in [0.29, 0.717) is 24.0 Å². The molecule has 0 radical (unpaired) electrons. The van der Waals surface area contributed by atoms with Gasteiger partial charge >= 0.3 is 37.7 Å². The molecule has 0 heterocycles. The zero-order valence-corrected chi connectivity index (χ0v) is 33.5. The summed E-state index contributed by atoms with van der Waals surface area (Å²) in [6, 6.07) is 21.7. The zero-order chi connectivity index (χ0) is 34.8. The molecule has 4 rings (SSSR count). The molecule has 4 aromatic carbocycles. The predicted molar refractivity (Wildman–Crippen MR) is 202 cm³/mol. The Bertz CT molecular complexity index is 1640. The Morgan fingerprint density at radius 2 is 0.735 bits per heavy atom. The predicted octanol–water partition coefficient (Wildman–Crippen LogP) is 10.5. The number of fused-ring (bicyclic) bond motifs is 2. The van der Waals surface area contributed by atoms with Crippen LogP contribution in [0.5, 0.6) is 0 Å². The van der Waals surface area contributed by atoms with Crippen LogP contribution in [0, 0.1) is 0 Å². The van der Waals surface area contributed by atoms with Crippen molar-refractivity contribution in [3.63, 3.8) is 0 Å². The minimum absolute atomic E-state index is 0. The largest absolute Gasteiger partial charge is 2.00 e. The summed E-state index contributed by atoms with van der Waals surface area (Å²) in [6.07, 6.45) is 20.4. The van der Waals surface area contributed by atoms with Crippen molar-refractivity contribution in [1.29, 1.82) is 0 Å². The molecule has 0 aliphatic heterocycles. The normalized spacial score (nSPS) is 11.7. The monoisotopic (exact) mass is 734 g/mol. The molecule has 0 aromatic heterocycles. The molecule has 0 fully saturated rings. The van der Waals surface area contributed by atoms with Crippen LogP contribution in [-0.2, 0) is 33.1 Å². The molecule has 4 aromatic rings. The Kier molecular flexibility index (Phi) is 20.6. The molecular formula is C40H54CaO6S2. The van der Waals surface area contributed by atoms with Gasteiger partial charge in [0.25, 0.3) is 0 Å². The van der Waals surface area contributed by atoms with Crippen LogP contribution in [0.2, 0.25) is 0 Å². The standard InChI is InChI=1S/2C20H28O3S.Ca/c2*1-2-3-4-5-6-7-8-9-14-19-18-13-11-10-12-17(18)15-16-20(19)24(21,22)23;/h2*10-13,15-16H,2-9,14H2,1H3,(H,21,22,23);/q;;+2/p-2. The summed E-state index contributed by atoms with van der Waals surface area (Å²) >= 11 is 0. The van der Waals surface area contributed by atoms with E-state index in [2.05, 4.69) is 13.8 Å². The first kappa shape index (κ1) is 43.6. The summed E-state index contributed by atoms with van der Waals surface area (Å²) in [4.78, 5) is -0.103. The van der Waals surface area contributed by atoms with Crippen LogP contribution in [0.3, 0.4) is 0 Å². The van der Waals surface area contributed by atoms with Crippen LogP contribution in [0.15, 0.2) is 82.6 Å². The van der Waals surface area contributed by atoms with Gasteiger partial charge < -0.3 is 9.11 Å². The van der Waals surface area contributed by atoms with Gasteiger partial charge in [-0.3, -0.25) is 0 Å². The zero-order valence-electron chi connectivity index (χ0n) is 29.6. The second kappa shape index (κ2) is 23.1. The van der Waals surface area contributed by atoms with E-state index in [1.165, 1.54) is 89.2 Å². The van der Waals surface area contributed by atoms with E-state index in [0.717, 1.165) is 47.2 Å². The van der Waals surface area contributed by atoms with Crippen molar-refractivity contribution in [3.8, 4) is 0 Å². The molecule has 264 valence electrons. The Morgan fingerprint density at radius 3 is 1.06 bits per heavy atom. The fourth-order valence-corrected chi connectivity index (χ4v) is 7.98. The molecule has 0 aliphatic rings. The first-order chi connectivity index (χ1) is 23.1. The van der Waals surface area contributed by atoms with Gasteiger partial charge in [-0.1, -0.05) is 164 Å². The molecular weight excluding hydrogens is 681 g/mol. The first-order valence-electron chi connectivity index (χ1n) is 18.0. The fourth-order valence-electron chi connectivity index (χ4n) is 6.49. The molecule has 0 unspecified atom stereocenters. The number of unbranched alkanes of at least 4 members (excludes halogenated alkanes) is 14. The quantitative estimate of drug-likeness (QED) is 0.0507. The molecule has 0 saturated heterocycles. The number of aryl methyl sites for hydroxylation is 2. The SMILES string of the molecule is CCCCCCCCCCc1c(S(=O)(=O)[O-])ccc2ccccc12.CCCCCCCCCCc1c(S(=O)(=O)[O-])ccc2ccccc12.[Ca+2]. The second-order valence-electron chi connectivity index (χ2n) is 12.9. The third-order valence-electron chi connectivity index (χ3n) is 9.09. The molecule has 6 nitrogen and oxygen atoms in total. The van der Waals surface area contributed by atoms with Gasteiger partial charge in [-0.2, -0.15) is 0 Å². The average Bonchev–Trinajstić information content (AvgIpc) is 3.06.